The molecule has 1 fully saturated rings. The van der Waals surface area contributed by atoms with Gasteiger partial charge < -0.3 is 10.2 Å². The number of amides is 1. The summed E-state index contributed by atoms with van der Waals surface area (Å²) in [5, 5.41) is 3.16. The summed E-state index contributed by atoms with van der Waals surface area (Å²) in [6.45, 7) is 2.28. The summed E-state index contributed by atoms with van der Waals surface area (Å²) in [6.07, 6.45) is 5.33. The van der Waals surface area contributed by atoms with Gasteiger partial charge in [-0.1, -0.05) is 18.6 Å². The molecular weight excluding hydrogens is 364 g/mol. The molecule has 27 heavy (non-hydrogen) atoms. The van der Waals surface area contributed by atoms with E-state index in [0.29, 0.717) is 30.4 Å². The minimum atomic E-state index is -3.47. The first-order valence-electron chi connectivity index (χ1n) is 9.63. The van der Waals surface area contributed by atoms with Gasteiger partial charge >= 0.3 is 0 Å². The van der Waals surface area contributed by atoms with Gasteiger partial charge in [-0.25, -0.2) is 8.42 Å². The molecule has 2 heterocycles. The van der Waals surface area contributed by atoms with Gasteiger partial charge in [-0.2, -0.15) is 0 Å². The van der Waals surface area contributed by atoms with Crippen LogP contribution in [0.5, 0.6) is 0 Å². The van der Waals surface area contributed by atoms with Crippen LogP contribution in [0.4, 0.5) is 0 Å². The summed E-state index contributed by atoms with van der Waals surface area (Å²) in [5.74, 6) is 0.671. The summed E-state index contributed by atoms with van der Waals surface area (Å²) in [4.78, 5) is 19.1. The highest BCUT2D eigenvalue weighted by atomic mass is 32.2. The predicted molar refractivity (Wildman–Crippen MR) is 105 cm³/mol. The second-order valence-corrected chi connectivity index (χ2v) is 8.73. The minimum absolute atomic E-state index is 0.247. The Hall–Kier alpha value is -1.93. The molecule has 1 aromatic rings. The zero-order valence-electron chi connectivity index (χ0n) is 15.8. The van der Waals surface area contributed by atoms with Gasteiger partial charge in [0.25, 0.3) is 10.0 Å². The van der Waals surface area contributed by atoms with Gasteiger partial charge in [-0.3, -0.25) is 14.5 Å². The van der Waals surface area contributed by atoms with Crippen LogP contribution in [0.2, 0.25) is 0 Å². The van der Waals surface area contributed by atoms with Crippen LogP contribution in [0.1, 0.15) is 44.1 Å². The fraction of sp³-hybridized carbons (Fsp3) is 0.579. The number of benzene rings is 1. The molecule has 1 aromatic carbocycles. The highest BCUT2D eigenvalue weighted by Gasteiger charge is 2.30. The number of carbonyl (C=O) groups is 1. The van der Waals surface area contributed by atoms with Crippen LogP contribution in [0, 0.1) is 0 Å². The number of fused-ring (bicyclic) bond motifs is 1. The monoisotopic (exact) mass is 392 g/mol. The SMILES string of the molecule is CNCC1CCCN1C(=O)CCCCCN=C1NS(=O)(=O)c2ccccc21. The molecule has 2 N–H and O–H groups in total. The Labute approximate surface area is 161 Å². The Bertz CT molecular complexity index is 807. The standard InChI is InChI=1S/C19H28N4O3S/c1-20-14-15-8-7-13-23(15)18(24)11-3-2-6-12-21-19-16-9-4-5-10-17(16)27(25,26)22-19/h4-5,9-10,15,20H,2-3,6-8,11-14H2,1H3,(H,21,22). The van der Waals surface area contributed by atoms with Crippen LogP contribution in [0.25, 0.3) is 0 Å². The molecular formula is C19H28N4O3S. The number of nitrogens with zero attached hydrogens (tertiary/aromatic N) is 2. The number of hydrogen-bond acceptors (Lipinski definition) is 5. The second-order valence-electron chi connectivity index (χ2n) is 7.08. The molecule has 3 rings (SSSR count). The molecule has 2 aliphatic heterocycles. The molecule has 0 spiro atoms. The van der Waals surface area contributed by atoms with Crippen molar-refractivity contribution in [1.82, 2.24) is 14.9 Å². The molecule has 0 bridgehead atoms. The number of nitrogens with one attached hydrogen (secondary N) is 2. The smallest absolute Gasteiger partial charge is 0.263 e. The molecule has 0 aromatic heterocycles. The van der Waals surface area contributed by atoms with Gasteiger partial charge in [0.1, 0.15) is 5.84 Å². The third-order valence-electron chi connectivity index (χ3n) is 5.12. The number of aliphatic imine (C=N–C) groups is 1. The van der Waals surface area contributed by atoms with Crippen molar-refractivity contribution in [3.63, 3.8) is 0 Å². The average molecular weight is 393 g/mol. The average Bonchev–Trinajstić information content (AvgIpc) is 3.21. The highest BCUT2D eigenvalue weighted by molar-refractivity contribution is 7.90. The van der Waals surface area contributed by atoms with Crippen molar-refractivity contribution in [1.29, 1.82) is 0 Å². The van der Waals surface area contributed by atoms with Crippen LogP contribution < -0.4 is 10.0 Å². The van der Waals surface area contributed by atoms with Gasteiger partial charge in [-0.15, -0.1) is 0 Å². The van der Waals surface area contributed by atoms with E-state index < -0.39 is 10.0 Å². The van der Waals surface area contributed by atoms with Crippen molar-refractivity contribution < 1.29 is 13.2 Å². The van der Waals surface area contributed by atoms with E-state index in [1.54, 1.807) is 18.2 Å². The summed E-state index contributed by atoms with van der Waals surface area (Å²) >= 11 is 0. The molecule has 7 nitrogen and oxygen atoms in total. The van der Waals surface area contributed by atoms with Crippen molar-refractivity contribution in [3.05, 3.63) is 29.8 Å². The quantitative estimate of drug-likeness (QED) is 0.656. The van der Waals surface area contributed by atoms with E-state index >= 15 is 0 Å². The number of likely N-dealkylation sites (N-methyl/N-ethyl adjacent to an activating group) is 1. The van der Waals surface area contributed by atoms with Crippen molar-refractivity contribution >= 4 is 21.8 Å². The zero-order valence-corrected chi connectivity index (χ0v) is 16.6. The van der Waals surface area contributed by atoms with E-state index in [1.807, 2.05) is 18.0 Å². The molecule has 2 aliphatic rings. The summed E-state index contributed by atoms with van der Waals surface area (Å²) in [5.41, 5.74) is 0.636. The topological polar surface area (TPSA) is 90.9 Å². The summed E-state index contributed by atoms with van der Waals surface area (Å²) < 4.78 is 26.6. The van der Waals surface area contributed by atoms with Crippen LogP contribution >= 0.6 is 0 Å². The van der Waals surface area contributed by atoms with Gasteiger partial charge in [0, 0.05) is 37.7 Å². The Balaban J connectivity index is 1.41. The van der Waals surface area contributed by atoms with Crippen molar-refractivity contribution in [2.75, 3.05) is 26.7 Å². The van der Waals surface area contributed by atoms with E-state index in [1.165, 1.54) is 0 Å². The molecule has 148 valence electrons. The first-order chi connectivity index (χ1) is 13.0. The lowest BCUT2D eigenvalue weighted by Crippen LogP contribution is -2.40. The van der Waals surface area contributed by atoms with Gasteiger partial charge in [-0.05, 0) is 44.9 Å². The van der Waals surface area contributed by atoms with E-state index in [-0.39, 0.29) is 10.8 Å². The number of carbonyl (C=O) groups excluding carboxylic acids is 1. The molecule has 1 unspecified atom stereocenters. The van der Waals surface area contributed by atoms with E-state index in [4.69, 9.17) is 0 Å². The molecule has 0 saturated carbocycles. The molecule has 0 aliphatic carbocycles. The minimum Gasteiger partial charge on any atom is -0.338 e. The first kappa shape index (κ1) is 19.8. The second kappa shape index (κ2) is 8.84. The summed E-state index contributed by atoms with van der Waals surface area (Å²) in [7, 11) is -1.55. The molecule has 1 amide bonds. The van der Waals surface area contributed by atoms with Gasteiger partial charge in [0.15, 0.2) is 0 Å². The number of hydrogen-bond donors (Lipinski definition) is 2. The van der Waals surface area contributed by atoms with Crippen molar-refractivity contribution in [2.45, 2.75) is 49.5 Å². The van der Waals surface area contributed by atoms with Crippen LogP contribution in [-0.2, 0) is 14.8 Å². The Morgan fingerprint density at radius 2 is 2.11 bits per heavy atom. The first-order valence-corrected chi connectivity index (χ1v) is 11.1. The molecule has 1 saturated heterocycles. The normalized spacial score (nSPS) is 22.0. The maximum absolute atomic E-state index is 12.4. The van der Waals surface area contributed by atoms with E-state index in [9.17, 15) is 13.2 Å². The molecule has 0 radical (unpaired) electrons. The number of unbranched alkanes of at least 4 members (excludes halogenated alkanes) is 2. The number of likely N-dealkylation sites (tertiary alicyclic amines) is 1. The van der Waals surface area contributed by atoms with Crippen molar-refractivity contribution in [3.8, 4) is 0 Å². The summed E-state index contributed by atoms with van der Waals surface area (Å²) in [6, 6.07) is 7.21. The number of rotatable bonds is 8. The predicted octanol–water partition coefficient (Wildman–Crippen LogP) is 1.50. The largest absolute Gasteiger partial charge is 0.338 e. The fourth-order valence-electron chi connectivity index (χ4n) is 3.76. The van der Waals surface area contributed by atoms with Crippen molar-refractivity contribution in [2.24, 2.45) is 4.99 Å². The molecule has 8 heteroatoms. The third-order valence-corrected chi connectivity index (χ3v) is 6.52. The van der Waals surface area contributed by atoms with Gasteiger partial charge in [0.05, 0.1) is 4.90 Å². The maximum atomic E-state index is 12.4. The highest BCUT2D eigenvalue weighted by Crippen LogP contribution is 2.22. The lowest BCUT2D eigenvalue weighted by Gasteiger charge is -2.24. The Morgan fingerprint density at radius 1 is 1.30 bits per heavy atom. The van der Waals surface area contributed by atoms with Gasteiger partial charge in [0.2, 0.25) is 5.91 Å². The van der Waals surface area contributed by atoms with Crippen LogP contribution in [0.3, 0.4) is 0 Å². The lowest BCUT2D eigenvalue weighted by molar-refractivity contribution is -0.132. The third kappa shape index (κ3) is 4.68. The molecule has 1 atom stereocenters. The zero-order chi connectivity index (χ0) is 19.3. The van der Waals surface area contributed by atoms with E-state index in [2.05, 4.69) is 15.0 Å². The van der Waals surface area contributed by atoms with Crippen LogP contribution in [-0.4, -0.2) is 57.8 Å². The van der Waals surface area contributed by atoms with Crippen LogP contribution in [0.15, 0.2) is 34.2 Å². The number of amidine groups is 1. The Morgan fingerprint density at radius 3 is 2.93 bits per heavy atom. The maximum Gasteiger partial charge on any atom is 0.263 e. The fourth-order valence-corrected chi connectivity index (χ4v) is 5.01. The Kier molecular flexibility index (Phi) is 6.49. The van der Waals surface area contributed by atoms with E-state index in [0.717, 1.165) is 45.2 Å². The lowest BCUT2D eigenvalue weighted by atomic mass is 10.1. The number of sulfonamides is 1.